The molecule has 0 aliphatic carbocycles. The number of pyridine rings is 1. The van der Waals surface area contributed by atoms with E-state index in [4.69, 9.17) is 19.4 Å². The first kappa shape index (κ1) is 24.9. The maximum atomic E-state index is 16.8. The van der Waals surface area contributed by atoms with Crippen molar-refractivity contribution in [1.82, 2.24) is 35.4 Å². The lowest BCUT2D eigenvalue weighted by Gasteiger charge is -2.40. The molecular formula is C30H32F2N8O2. The van der Waals surface area contributed by atoms with E-state index in [2.05, 4.69) is 30.3 Å². The van der Waals surface area contributed by atoms with E-state index >= 15 is 4.39 Å². The van der Waals surface area contributed by atoms with E-state index in [1.807, 2.05) is 19.1 Å². The fraction of sp³-hybridized carbons (Fsp3) is 0.533. The van der Waals surface area contributed by atoms with Gasteiger partial charge in [-0.2, -0.15) is 15.1 Å². The molecule has 2 N–H and O–H groups in total. The molecule has 10 nitrogen and oxygen atoms in total. The van der Waals surface area contributed by atoms with Crippen molar-refractivity contribution < 1.29 is 18.3 Å². The van der Waals surface area contributed by atoms with Crippen LogP contribution in [0.25, 0.3) is 33.1 Å². The summed E-state index contributed by atoms with van der Waals surface area (Å²) >= 11 is 0. The van der Waals surface area contributed by atoms with Crippen LogP contribution in [-0.2, 0) is 0 Å². The molecule has 4 aromatic rings. The maximum absolute atomic E-state index is 16.8. The van der Waals surface area contributed by atoms with Gasteiger partial charge in [0.15, 0.2) is 5.82 Å². The van der Waals surface area contributed by atoms with Crippen LogP contribution in [0.15, 0.2) is 18.3 Å². The van der Waals surface area contributed by atoms with Crippen LogP contribution in [0.5, 0.6) is 11.9 Å². The summed E-state index contributed by atoms with van der Waals surface area (Å²) in [7, 11) is 0. The largest absolute Gasteiger partial charge is 0.475 e. The van der Waals surface area contributed by atoms with Crippen LogP contribution in [0.1, 0.15) is 37.7 Å². The van der Waals surface area contributed by atoms with Crippen molar-refractivity contribution in [3.63, 3.8) is 0 Å². The van der Waals surface area contributed by atoms with Crippen molar-refractivity contribution in [3.8, 4) is 23.1 Å². The molecule has 5 atom stereocenters. The third kappa shape index (κ3) is 3.54. The van der Waals surface area contributed by atoms with Gasteiger partial charge in [0.05, 0.1) is 23.3 Å². The lowest BCUT2D eigenvalue weighted by molar-refractivity contribution is 0.107. The van der Waals surface area contributed by atoms with Crippen molar-refractivity contribution in [3.05, 3.63) is 29.7 Å². The van der Waals surface area contributed by atoms with Crippen molar-refractivity contribution >= 4 is 27.6 Å². The van der Waals surface area contributed by atoms with E-state index in [-0.39, 0.29) is 41.5 Å². The van der Waals surface area contributed by atoms with Crippen LogP contribution < -0.4 is 19.7 Å². The smallest absolute Gasteiger partial charge is 0.319 e. The summed E-state index contributed by atoms with van der Waals surface area (Å²) in [6.45, 7) is 4.62. The number of hydrogen-bond donors (Lipinski definition) is 2. The molecule has 0 radical (unpaired) electrons. The fourth-order valence-corrected chi connectivity index (χ4v) is 8.24. The summed E-state index contributed by atoms with van der Waals surface area (Å²) in [5.74, 6) is 0.368. The molecule has 5 aliphatic rings. The van der Waals surface area contributed by atoms with Crippen molar-refractivity contribution in [1.29, 1.82) is 0 Å². The standard InChI is InChI=1S/C30H32F2N8O2/c1-15-3-5-19-18(10-33-38-19)22(15)25-24(32)26-23-27(40-12-17-4-6-20(34-17)21(40)13-41-28(23)35-25)37-29(36-26)42-14-30-7-2-8-39(30)11-16(31)9-30/h3,5,10,16-17,20-21,34H,2,4,6-9,11-14H2,1H3,(H,33,38)/t16-,17?,20?,21?,30+/m1/s1. The van der Waals surface area contributed by atoms with Crippen molar-refractivity contribution in [2.75, 3.05) is 37.7 Å². The summed E-state index contributed by atoms with van der Waals surface area (Å²) < 4.78 is 44.0. The fourth-order valence-electron chi connectivity index (χ4n) is 8.24. The maximum Gasteiger partial charge on any atom is 0.319 e. The average Bonchev–Trinajstić information content (AvgIpc) is 3.74. The summed E-state index contributed by atoms with van der Waals surface area (Å²) in [6, 6.07) is 4.54. The van der Waals surface area contributed by atoms with E-state index < -0.39 is 12.0 Å². The summed E-state index contributed by atoms with van der Waals surface area (Å²) in [6.07, 6.45) is 5.25. The van der Waals surface area contributed by atoms with Crippen molar-refractivity contribution in [2.24, 2.45) is 0 Å². The number of aryl methyl sites for hydroxylation is 1. The molecule has 2 bridgehead atoms. The molecule has 9 rings (SSSR count). The van der Waals surface area contributed by atoms with Gasteiger partial charge >= 0.3 is 6.01 Å². The zero-order chi connectivity index (χ0) is 28.2. The normalized spacial score (nSPS) is 30.0. The minimum absolute atomic E-state index is 0.0144. The van der Waals surface area contributed by atoms with Gasteiger partial charge in [-0.3, -0.25) is 10.00 Å². The van der Waals surface area contributed by atoms with Crippen LogP contribution >= 0.6 is 0 Å². The second-order valence-corrected chi connectivity index (χ2v) is 12.7. The van der Waals surface area contributed by atoms with Crippen LogP contribution in [0.2, 0.25) is 0 Å². The highest BCUT2D eigenvalue weighted by atomic mass is 19.1. The second kappa shape index (κ2) is 8.93. The SMILES string of the molecule is Cc1ccc2[nH]ncc2c1-c1nc2c3c(nc(OC[C@@]45CCCN4C[C@H](F)C5)nc3c1F)N1CC3CCC(N3)C1CO2. The molecule has 1 aromatic carbocycles. The highest BCUT2D eigenvalue weighted by molar-refractivity contribution is 6.01. The molecular weight excluding hydrogens is 542 g/mol. The average molecular weight is 575 g/mol. The quantitative estimate of drug-likeness (QED) is 0.378. The number of hydrogen-bond acceptors (Lipinski definition) is 9. The number of benzene rings is 1. The number of rotatable bonds is 4. The topological polar surface area (TPSA) is 104 Å². The molecule has 8 heterocycles. The van der Waals surface area contributed by atoms with Crippen LogP contribution in [-0.4, -0.2) is 92.7 Å². The first-order chi connectivity index (χ1) is 20.5. The number of aromatic amines is 1. The number of ether oxygens (including phenoxy) is 2. The minimum Gasteiger partial charge on any atom is -0.475 e. The molecule has 42 heavy (non-hydrogen) atoms. The lowest BCUT2D eigenvalue weighted by Crippen LogP contribution is -2.60. The van der Waals surface area contributed by atoms with Gasteiger partial charge in [-0.25, -0.2) is 13.8 Å². The minimum atomic E-state index is -0.868. The molecule has 0 amide bonds. The third-order valence-electron chi connectivity index (χ3n) is 10.2. The number of anilines is 1. The molecule has 0 saturated carbocycles. The predicted molar refractivity (Wildman–Crippen MR) is 152 cm³/mol. The first-order valence-electron chi connectivity index (χ1n) is 15.0. The highest BCUT2D eigenvalue weighted by Gasteiger charge is 2.50. The Morgan fingerprint density at radius 3 is 3.05 bits per heavy atom. The van der Waals surface area contributed by atoms with E-state index in [0.717, 1.165) is 55.2 Å². The Labute approximate surface area is 240 Å². The zero-order valence-electron chi connectivity index (χ0n) is 23.4. The Bertz CT molecular complexity index is 1750. The predicted octanol–water partition coefficient (Wildman–Crippen LogP) is 3.67. The monoisotopic (exact) mass is 574 g/mol. The number of H-pyrrole nitrogens is 1. The van der Waals surface area contributed by atoms with Gasteiger partial charge in [-0.05, 0) is 50.8 Å². The lowest BCUT2D eigenvalue weighted by atomic mass is 9.95. The van der Waals surface area contributed by atoms with Gasteiger partial charge < -0.3 is 19.7 Å². The Balaban J connectivity index is 1.22. The van der Waals surface area contributed by atoms with Gasteiger partial charge in [0.25, 0.3) is 0 Å². The van der Waals surface area contributed by atoms with E-state index in [9.17, 15) is 4.39 Å². The summed E-state index contributed by atoms with van der Waals surface area (Å²) in [5, 5.41) is 12.1. The molecule has 3 unspecified atom stereocenters. The zero-order valence-corrected chi connectivity index (χ0v) is 23.4. The van der Waals surface area contributed by atoms with E-state index in [1.165, 1.54) is 0 Å². The Kier molecular flexibility index (Phi) is 5.30. The number of halogens is 2. The number of aromatic nitrogens is 5. The summed E-state index contributed by atoms with van der Waals surface area (Å²) in [4.78, 5) is 18.8. The van der Waals surface area contributed by atoms with Gasteiger partial charge in [-0.1, -0.05) is 6.07 Å². The Morgan fingerprint density at radius 1 is 1.19 bits per heavy atom. The number of nitrogens with zero attached hydrogens (tertiary/aromatic N) is 6. The van der Waals surface area contributed by atoms with E-state index in [1.54, 1.807) is 6.20 Å². The molecule has 12 heteroatoms. The molecule has 4 saturated heterocycles. The highest BCUT2D eigenvalue weighted by Crippen LogP contribution is 2.45. The number of nitrogens with one attached hydrogen (secondary N) is 2. The van der Waals surface area contributed by atoms with Crippen molar-refractivity contribution in [2.45, 2.75) is 68.9 Å². The summed E-state index contributed by atoms with van der Waals surface area (Å²) in [5.41, 5.74) is 2.21. The Morgan fingerprint density at radius 2 is 2.12 bits per heavy atom. The second-order valence-electron chi connectivity index (χ2n) is 12.7. The van der Waals surface area contributed by atoms with Crippen LogP contribution in [0.4, 0.5) is 14.6 Å². The van der Waals surface area contributed by atoms with Gasteiger partial charge in [0.1, 0.15) is 41.8 Å². The molecule has 4 fully saturated rings. The molecule has 5 aliphatic heterocycles. The third-order valence-corrected chi connectivity index (χ3v) is 10.2. The van der Waals surface area contributed by atoms with Crippen LogP contribution in [0.3, 0.4) is 0 Å². The Hall–Kier alpha value is -3.64. The molecule has 0 spiro atoms. The number of piperazine rings is 1. The number of alkyl halides is 1. The van der Waals surface area contributed by atoms with Crippen LogP contribution in [0, 0.1) is 12.7 Å². The molecule has 218 valence electrons. The molecule has 3 aromatic heterocycles. The van der Waals surface area contributed by atoms with Gasteiger partial charge in [0.2, 0.25) is 5.88 Å². The van der Waals surface area contributed by atoms with Gasteiger partial charge in [0, 0.05) is 42.5 Å². The van der Waals surface area contributed by atoms with Gasteiger partial charge in [-0.15, -0.1) is 0 Å². The number of fused-ring (bicyclic) bond motifs is 7. The van der Waals surface area contributed by atoms with E-state index in [0.29, 0.717) is 48.3 Å². The first-order valence-corrected chi connectivity index (χ1v) is 15.0.